The lowest BCUT2D eigenvalue weighted by molar-refractivity contribution is -0.158. The molecule has 1 amide bonds. The first-order chi connectivity index (χ1) is 8.62. The number of rotatable bonds is 1. The molecule has 1 aliphatic heterocycles. The number of esters is 1. The highest BCUT2D eigenvalue weighted by molar-refractivity contribution is 5.79. The van der Waals surface area contributed by atoms with E-state index in [9.17, 15) is 9.59 Å². The molecule has 6 nitrogen and oxygen atoms in total. The largest absolute Gasteiger partial charge is 0.468 e. The molecule has 1 saturated heterocycles. The van der Waals surface area contributed by atoms with Gasteiger partial charge in [-0.2, -0.15) is 0 Å². The second-order valence-corrected chi connectivity index (χ2v) is 6.13. The Morgan fingerprint density at radius 2 is 1.95 bits per heavy atom. The summed E-state index contributed by atoms with van der Waals surface area (Å²) in [5.41, 5.74) is 4.61. The summed E-state index contributed by atoms with van der Waals surface area (Å²) in [5, 5.41) is 0. The summed E-state index contributed by atoms with van der Waals surface area (Å²) in [6.45, 7) is 7.59. The lowest BCUT2D eigenvalue weighted by Crippen LogP contribution is -2.61. The van der Waals surface area contributed by atoms with Crippen molar-refractivity contribution in [3.63, 3.8) is 0 Å². The fourth-order valence-electron chi connectivity index (χ4n) is 2.23. The van der Waals surface area contributed by atoms with Gasteiger partial charge in [-0.15, -0.1) is 0 Å². The molecular weight excluding hydrogens is 248 g/mol. The number of hydrogen-bond donors (Lipinski definition) is 1. The lowest BCUT2D eigenvalue weighted by Gasteiger charge is -2.44. The van der Waals surface area contributed by atoms with Crippen LogP contribution in [0.4, 0.5) is 4.79 Å². The highest BCUT2D eigenvalue weighted by atomic mass is 16.6. The van der Waals surface area contributed by atoms with Crippen LogP contribution in [-0.2, 0) is 14.3 Å². The molecule has 2 atom stereocenters. The van der Waals surface area contributed by atoms with E-state index < -0.39 is 29.2 Å². The molecule has 0 radical (unpaired) electrons. The number of methoxy groups -OCH3 is 1. The first kappa shape index (κ1) is 15.8. The Balaban J connectivity index is 2.87. The third kappa shape index (κ3) is 3.37. The van der Waals surface area contributed by atoms with Gasteiger partial charge in [-0.1, -0.05) is 0 Å². The zero-order valence-corrected chi connectivity index (χ0v) is 12.4. The minimum atomic E-state index is -0.885. The summed E-state index contributed by atoms with van der Waals surface area (Å²) in [6, 6.07) is 0. The highest BCUT2D eigenvalue weighted by Crippen LogP contribution is 2.35. The van der Waals surface area contributed by atoms with E-state index in [0.717, 1.165) is 0 Å². The van der Waals surface area contributed by atoms with E-state index in [1.165, 1.54) is 12.0 Å². The van der Waals surface area contributed by atoms with Gasteiger partial charge in [0, 0.05) is 6.54 Å². The van der Waals surface area contributed by atoms with Crippen LogP contribution in [0, 0.1) is 5.41 Å². The van der Waals surface area contributed by atoms with Gasteiger partial charge in [0.1, 0.15) is 5.60 Å². The number of amides is 1. The minimum Gasteiger partial charge on any atom is -0.468 e. The van der Waals surface area contributed by atoms with E-state index in [0.29, 0.717) is 19.4 Å². The summed E-state index contributed by atoms with van der Waals surface area (Å²) in [7, 11) is 1.33. The Labute approximate surface area is 114 Å². The van der Waals surface area contributed by atoms with E-state index in [4.69, 9.17) is 15.2 Å². The van der Waals surface area contributed by atoms with E-state index in [1.54, 1.807) is 27.7 Å². The monoisotopic (exact) mass is 272 g/mol. The van der Waals surface area contributed by atoms with E-state index >= 15 is 0 Å². The molecule has 0 bridgehead atoms. The van der Waals surface area contributed by atoms with Crippen molar-refractivity contribution < 1.29 is 19.1 Å². The third-order valence-corrected chi connectivity index (χ3v) is 3.36. The molecule has 110 valence electrons. The van der Waals surface area contributed by atoms with Crippen LogP contribution in [0.1, 0.15) is 40.5 Å². The Bertz CT molecular complexity index is 364. The first-order valence-corrected chi connectivity index (χ1v) is 6.45. The van der Waals surface area contributed by atoms with Gasteiger partial charge in [-0.05, 0) is 40.5 Å². The molecule has 6 heteroatoms. The Morgan fingerprint density at radius 1 is 1.37 bits per heavy atom. The number of piperidine rings is 1. The molecule has 0 aromatic carbocycles. The molecule has 0 aromatic rings. The summed E-state index contributed by atoms with van der Waals surface area (Å²) < 4.78 is 10.1. The molecule has 1 fully saturated rings. The number of carbonyl (C=O) groups excluding carboxylic acids is 2. The van der Waals surface area contributed by atoms with Crippen LogP contribution >= 0.6 is 0 Å². The maximum atomic E-state index is 12.1. The van der Waals surface area contributed by atoms with Crippen LogP contribution in [0.2, 0.25) is 0 Å². The van der Waals surface area contributed by atoms with E-state index in [1.807, 2.05) is 0 Å². The number of ether oxygens (including phenoxy) is 2. The Hall–Kier alpha value is -1.30. The fraction of sp³-hybridized carbons (Fsp3) is 0.846. The van der Waals surface area contributed by atoms with Crippen LogP contribution < -0.4 is 5.73 Å². The molecule has 0 aliphatic carbocycles. The maximum absolute atomic E-state index is 12.1. The standard InChI is InChI=1S/C13H24N2O4/c1-12(2,3)19-11(17)15-8-6-7-13(4,9(15)14)10(16)18-5/h9H,6-8,14H2,1-5H3. The van der Waals surface area contributed by atoms with Gasteiger partial charge in [-0.25, -0.2) is 4.79 Å². The van der Waals surface area contributed by atoms with Gasteiger partial charge in [0.05, 0.1) is 18.7 Å². The zero-order chi connectivity index (χ0) is 14.8. The van der Waals surface area contributed by atoms with Crippen molar-refractivity contribution in [1.82, 2.24) is 4.90 Å². The van der Waals surface area contributed by atoms with Crippen molar-refractivity contribution in [1.29, 1.82) is 0 Å². The molecule has 2 unspecified atom stereocenters. The topological polar surface area (TPSA) is 81.9 Å². The number of nitrogens with two attached hydrogens (primary N) is 1. The third-order valence-electron chi connectivity index (χ3n) is 3.36. The molecule has 1 rings (SSSR count). The predicted octanol–water partition coefficient (Wildman–Crippen LogP) is 1.48. The van der Waals surface area contributed by atoms with E-state index in [2.05, 4.69) is 0 Å². The summed E-state index contributed by atoms with van der Waals surface area (Å²) in [6.07, 6.45) is 0.0666. The second kappa shape index (κ2) is 5.36. The summed E-state index contributed by atoms with van der Waals surface area (Å²) in [5.74, 6) is -0.395. The van der Waals surface area contributed by atoms with Crippen LogP contribution in [0.25, 0.3) is 0 Å². The number of carbonyl (C=O) groups is 2. The first-order valence-electron chi connectivity index (χ1n) is 6.45. The number of likely N-dealkylation sites (tertiary alicyclic amines) is 1. The molecule has 0 spiro atoms. The smallest absolute Gasteiger partial charge is 0.411 e. The SMILES string of the molecule is COC(=O)C1(C)CCCN(C(=O)OC(C)(C)C)C1N. The predicted molar refractivity (Wildman–Crippen MR) is 70.3 cm³/mol. The van der Waals surface area contributed by atoms with Crippen molar-refractivity contribution in [3.05, 3.63) is 0 Å². The van der Waals surface area contributed by atoms with Crippen molar-refractivity contribution >= 4 is 12.1 Å². The fourth-order valence-corrected chi connectivity index (χ4v) is 2.23. The minimum absolute atomic E-state index is 0.395. The van der Waals surface area contributed by atoms with Gasteiger partial charge in [-0.3, -0.25) is 9.69 Å². The van der Waals surface area contributed by atoms with Gasteiger partial charge >= 0.3 is 12.1 Å². The van der Waals surface area contributed by atoms with Gasteiger partial charge in [0.2, 0.25) is 0 Å². The van der Waals surface area contributed by atoms with Crippen LogP contribution in [0.5, 0.6) is 0 Å². The number of hydrogen-bond acceptors (Lipinski definition) is 5. The second-order valence-electron chi connectivity index (χ2n) is 6.13. The number of nitrogens with zero attached hydrogens (tertiary/aromatic N) is 1. The lowest BCUT2D eigenvalue weighted by atomic mass is 9.79. The molecule has 2 N–H and O–H groups in total. The molecule has 1 heterocycles. The van der Waals surface area contributed by atoms with Crippen LogP contribution in [0.3, 0.4) is 0 Å². The summed E-state index contributed by atoms with van der Waals surface area (Å²) >= 11 is 0. The van der Waals surface area contributed by atoms with Crippen LogP contribution in [0.15, 0.2) is 0 Å². The van der Waals surface area contributed by atoms with Crippen molar-refractivity contribution in [2.24, 2.45) is 11.1 Å². The van der Waals surface area contributed by atoms with Crippen molar-refractivity contribution in [2.45, 2.75) is 52.3 Å². The van der Waals surface area contributed by atoms with Crippen LogP contribution in [-0.4, -0.2) is 42.4 Å². The molecular formula is C13H24N2O4. The Morgan fingerprint density at radius 3 is 2.42 bits per heavy atom. The average molecular weight is 272 g/mol. The normalized spacial score (nSPS) is 27.9. The van der Waals surface area contributed by atoms with Crippen molar-refractivity contribution in [2.75, 3.05) is 13.7 Å². The average Bonchev–Trinajstić information content (AvgIpc) is 2.29. The zero-order valence-electron chi connectivity index (χ0n) is 12.4. The van der Waals surface area contributed by atoms with Gasteiger partial charge < -0.3 is 15.2 Å². The van der Waals surface area contributed by atoms with E-state index in [-0.39, 0.29) is 0 Å². The molecule has 0 saturated carbocycles. The maximum Gasteiger partial charge on any atom is 0.411 e. The molecule has 0 aromatic heterocycles. The molecule has 19 heavy (non-hydrogen) atoms. The highest BCUT2D eigenvalue weighted by Gasteiger charge is 2.48. The molecule has 1 aliphatic rings. The summed E-state index contributed by atoms with van der Waals surface area (Å²) in [4.78, 5) is 25.4. The van der Waals surface area contributed by atoms with Crippen molar-refractivity contribution in [3.8, 4) is 0 Å². The quantitative estimate of drug-likeness (QED) is 0.731. The van der Waals surface area contributed by atoms with Gasteiger partial charge in [0.15, 0.2) is 0 Å². The Kier molecular flexibility index (Phi) is 4.45. The van der Waals surface area contributed by atoms with Gasteiger partial charge in [0.25, 0.3) is 0 Å².